The standard InChI is InChI=1S/C17H31N3/c1-13-16(10-11-18-17(3,4)5)14(2)20(19-13)12-15-8-6-7-9-15/h15,18H,6-12H2,1-5H3. The molecule has 1 N–H and O–H groups in total. The molecule has 3 nitrogen and oxygen atoms in total. The number of hydrogen-bond donors (Lipinski definition) is 1. The van der Waals surface area contributed by atoms with Gasteiger partial charge in [0.2, 0.25) is 0 Å². The lowest BCUT2D eigenvalue weighted by atomic mass is 10.1. The highest BCUT2D eigenvalue weighted by Gasteiger charge is 2.19. The number of aryl methyl sites for hydroxylation is 1. The molecule has 0 saturated heterocycles. The molecule has 0 aromatic carbocycles. The Bertz CT molecular complexity index is 434. The number of nitrogens with zero attached hydrogens (tertiary/aromatic N) is 2. The molecule has 1 saturated carbocycles. The van der Waals surface area contributed by atoms with E-state index >= 15 is 0 Å². The first kappa shape index (κ1) is 15.6. The normalized spacial score (nSPS) is 17.1. The summed E-state index contributed by atoms with van der Waals surface area (Å²) >= 11 is 0. The van der Waals surface area contributed by atoms with Crippen molar-refractivity contribution in [3.63, 3.8) is 0 Å². The molecule has 0 radical (unpaired) electrons. The van der Waals surface area contributed by atoms with Crippen LogP contribution in [0.3, 0.4) is 0 Å². The van der Waals surface area contributed by atoms with Crippen molar-refractivity contribution in [2.24, 2.45) is 5.92 Å². The highest BCUT2D eigenvalue weighted by Crippen LogP contribution is 2.27. The van der Waals surface area contributed by atoms with Crippen molar-refractivity contribution in [2.45, 2.75) is 78.8 Å². The number of rotatable bonds is 5. The van der Waals surface area contributed by atoms with Gasteiger partial charge in [0.25, 0.3) is 0 Å². The van der Waals surface area contributed by atoms with Crippen LogP contribution in [0.25, 0.3) is 0 Å². The van der Waals surface area contributed by atoms with Gasteiger partial charge < -0.3 is 5.32 Å². The summed E-state index contributed by atoms with van der Waals surface area (Å²) in [7, 11) is 0. The zero-order valence-electron chi connectivity index (χ0n) is 13.9. The van der Waals surface area contributed by atoms with E-state index in [1.807, 2.05) is 0 Å². The lowest BCUT2D eigenvalue weighted by Gasteiger charge is -2.20. The number of hydrogen-bond acceptors (Lipinski definition) is 2. The van der Waals surface area contributed by atoms with Gasteiger partial charge in [0.05, 0.1) is 5.69 Å². The fraction of sp³-hybridized carbons (Fsp3) is 0.824. The van der Waals surface area contributed by atoms with Gasteiger partial charge in [-0.1, -0.05) is 12.8 Å². The zero-order valence-corrected chi connectivity index (χ0v) is 13.9. The molecule has 0 unspecified atom stereocenters. The van der Waals surface area contributed by atoms with Gasteiger partial charge in [-0.05, 0) is 71.9 Å². The maximum absolute atomic E-state index is 4.78. The van der Waals surface area contributed by atoms with Crippen molar-refractivity contribution in [2.75, 3.05) is 6.54 Å². The Labute approximate surface area is 124 Å². The first-order valence-electron chi connectivity index (χ1n) is 8.15. The van der Waals surface area contributed by atoms with E-state index in [4.69, 9.17) is 5.10 Å². The lowest BCUT2D eigenvalue weighted by molar-refractivity contribution is 0.420. The van der Waals surface area contributed by atoms with Crippen LogP contribution in [0, 0.1) is 19.8 Å². The summed E-state index contributed by atoms with van der Waals surface area (Å²) in [5.74, 6) is 0.855. The Morgan fingerprint density at radius 3 is 2.45 bits per heavy atom. The van der Waals surface area contributed by atoms with Gasteiger partial charge >= 0.3 is 0 Å². The Morgan fingerprint density at radius 2 is 1.85 bits per heavy atom. The molecule has 3 heteroatoms. The minimum absolute atomic E-state index is 0.196. The van der Waals surface area contributed by atoms with Gasteiger partial charge in [0.1, 0.15) is 0 Å². The van der Waals surface area contributed by atoms with Gasteiger partial charge in [-0.2, -0.15) is 5.10 Å². The average Bonchev–Trinajstić information content (AvgIpc) is 2.92. The van der Waals surface area contributed by atoms with Crippen LogP contribution in [0.5, 0.6) is 0 Å². The fourth-order valence-electron chi connectivity index (χ4n) is 3.27. The van der Waals surface area contributed by atoms with Crippen molar-refractivity contribution < 1.29 is 0 Å². The van der Waals surface area contributed by atoms with Crippen molar-refractivity contribution in [3.05, 3.63) is 17.0 Å². The van der Waals surface area contributed by atoms with Gasteiger partial charge in [-0.15, -0.1) is 0 Å². The minimum atomic E-state index is 0.196. The predicted molar refractivity (Wildman–Crippen MR) is 85.1 cm³/mol. The van der Waals surface area contributed by atoms with Crippen molar-refractivity contribution in [1.82, 2.24) is 15.1 Å². The predicted octanol–water partition coefficient (Wildman–Crippen LogP) is 3.62. The molecule has 114 valence electrons. The molecule has 0 amide bonds. The molecule has 20 heavy (non-hydrogen) atoms. The third-order valence-electron chi connectivity index (χ3n) is 4.47. The highest BCUT2D eigenvalue weighted by molar-refractivity contribution is 5.25. The van der Waals surface area contributed by atoms with E-state index in [1.165, 1.54) is 42.6 Å². The Balaban J connectivity index is 1.97. The lowest BCUT2D eigenvalue weighted by Crippen LogP contribution is -2.37. The number of aromatic nitrogens is 2. The van der Waals surface area contributed by atoms with Crippen LogP contribution < -0.4 is 5.32 Å². The molecule has 1 fully saturated rings. The summed E-state index contributed by atoms with van der Waals surface area (Å²) in [5, 5.41) is 8.35. The summed E-state index contributed by atoms with van der Waals surface area (Å²) in [6, 6.07) is 0. The van der Waals surface area contributed by atoms with Crippen molar-refractivity contribution in [3.8, 4) is 0 Å². The van der Waals surface area contributed by atoms with E-state index in [0.29, 0.717) is 0 Å². The van der Waals surface area contributed by atoms with Crippen LogP contribution in [-0.4, -0.2) is 21.9 Å². The third-order valence-corrected chi connectivity index (χ3v) is 4.47. The van der Waals surface area contributed by atoms with E-state index in [2.05, 4.69) is 44.6 Å². The maximum atomic E-state index is 4.78. The molecule has 1 heterocycles. The molecule has 0 atom stereocenters. The van der Waals surface area contributed by atoms with E-state index in [-0.39, 0.29) is 5.54 Å². The van der Waals surface area contributed by atoms with Crippen LogP contribution in [0.4, 0.5) is 0 Å². The van der Waals surface area contributed by atoms with Gasteiger partial charge in [0, 0.05) is 17.8 Å². The monoisotopic (exact) mass is 277 g/mol. The smallest absolute Gasteiger partial charge is 0.0628 e. The molecule has 1 aromatic rings. The Kier molecular flexibility index (Phi) is 4.90. The van der Waals surface area contributed by atoms with Gasteiger partial charge in [-0.25, -0.2) is 0 Å². The van der Waals surface area contributed by atoms with Crippen LogP contribution in [-0.2, 0) is 13.0 Å². The summed E-state index contributed by atoms with van der Waals surface area (Å²) in [5.41, 5.74) is 4.24. The molecular formula is C17H31N3. The summed E-state index contributed by atoms with van der Waals surface area (Å²) in [6.45, 7) is 13.2. The van der Waals surface area contributed by atoms with Crippen molar-refractivity contribution >= 4 is 0 Å². The molecule has 1 aliphatic carbocycles. The zero-order chi connectivity index (χ0) is 14.8. The second-order valence-electron chi connectivity index (χ2n) is 7.41. The molecule has 0 bridgehead atoms. The summed E-state index contributed by atoms with van der Waals surface area (Å²) in [4.78, 5) is 0. The van der Waals surface area contributed by atoms with E-state index in [9.17, 15) is 0 Å². The SMILES string of the molecule is Cc1nn(CC2CCCC2)c(C)c1CCNC(C)(C)C. The average molecular weight is 277 g/mol. The van der Waals surface area contributed by atoms with Crippen molar-refractivity contribution in [1.29, 1.82) is 0 Å². The second-order valence-corrected chi connectivity index (χ2v) is 7.41. The van der Waals surface area contributed by atoms with Crippen LogP contribution in [0.2, 0.25) is 0 Å². The minimum Gasteiger partial charge on any atom is -0.312 e. The highest BCUT2D eigenvalue weighted by atomic mass is 15.3. The summed E-state index contributed by atoms with van der Waals surface area (Å²) < 4.78 is 2.26. The van der Waals surface area contributed by atoms with Gasteiger partial charge in [0.15, 0.2) is 0 Å². The van der Waals surface area contributed by atoms with E-state index in [0.717, 1.165) is 25.4 Å². The quantitative estimate of drug-likeness (QED) is 0.891. The second kappa shape index (κ2) is 6.30. The molecule has 0 spiro atoms. The van der Waals surface area contributed by atoms with Crippen LogP contribution in [0.15, 0.2) is 0 Å². The van der Waals surface area contributed by atoms with Crippen LogP contribution in [0.1, 0.15) is 63.4 Å². The Hall–Kier alpha value is -0.830. The van der Waals surface area contributed by atoms with E-state index < -0.39 is 0 Å². The first-order chi connectivity index (χ1) is 9.37. The van der Waals surface area contributed by atoms with E-state index in [1.54, 1.807) is 0 Å². The molecule has 1 aliphatic rings. The van der Waals surface area contributed by atoms with Crippen LogP contribution >= 0.6 is 0 Å². The molecular weight excluding hydrogens is 246 g/mol. The maximum Gasteiger partial charge on any atom is 0.0628 e. The summed E-state index contributed by atoms with van der Waals surface area (Å²) in [6.07, 6.45) is 6.68. The number of nitrogens with one attached hydrogen (secondary N) is 1. The molecule has 1 aromatic heterocycles. The first-order valence-corrected chi connectivity index (χ1v) is 8.15. The largest absolute Gasteiger partial charge is 0.312 e. The topological polar surface area (TPSA) is 29.9 Å². The molecule has 0 aliphatic heterocycles. The molecule has 2 rings (SSSR count). The van der Waals surface area contributed by atoms with Gasteiger partial charge in [-0.3, -0.25) is 4.68 Å². The third kappa shape index (κ3) is 4.08. The Morgan fingerprint density at radius 1 is 1.20 bits per heavy atom. The fourth-order valence-corrected chi connectivity index (χ4v) is 3.27.